The lowest BCUT2D eigenvalue weighted by Crippen LogP contribution is -2.06. The maximum atomic E-state index is 12.3. The normalized spacial score (nSPS) is 44.0. The van der Waals surface area contributed by atoms with Gasteiger partial charge in [-0.3, -0.25) is 4.79 Å². The first-order valence-corrected chi connectivity index (χ1v) is 2.46. The van der Waals surface area contributed by atoms with E-state index in [2.05, 4.69) is 0 Å². The molecule has 0 radical (unpaired) electrons. The molecule has 0 heterocycles. The topological polar surface area (TPSA) is 37.3 Å². The molecule has 1 aliphatic carbocycles. The summed E-state index contributed by atoms with van der Waals surface area (Å²) in [5.74, 6) is -1.75. The molecule has 0 saturated heterocycles. The van der Waals surface area contributed by atoms with Gasteiger partial charge >= 0.3 is 5.97 Å². The van der Waals surface area contributed by atoms with E-state index in [4.69, 9.17) is 5.11 Å². The van der Waals surface area contributed by atoms with Gasteiger partial charge in [0.2, 0.25) is 0 Å². The second-order valence-corrected chi connectivity index (χ2v) is 2.37. The summed E-state index contributed by atoms with van der Waals surface area (Å²) in [5, 5.41) is 8.15. The fraction of sp³-hybridized carbons (Fsp3) is 0.800. The van der Waals surface area contributed by atoms with Crippen molar-refractivity contribution in [3.8, 4) is 0 Å². The van der Waals surface area contributed by atoms with Crippen LogP contribution in [0.1, 0.15) is 13.3 Å². The second-order valence-electron chi connectivity index (χ2n) is 2.37. The molecule has 2 nitrogen and oxygen atoms in total. The summed E-state index contributed by atoms with van der Waals surface area (Å²) in [6.07, 6.45) is 0.183. The highest BCUT2D eigenvalue weighted by Crippen LogP contribution is 2.46. The predicted molar refractivity (Wildman–Crippen MR) is 25.3 cm³/mol. The van der Waals surface area contributed by atoms with Gasteiger partial charge in [-0.15, -0.1) is 0 Å². The smallest absolute Gasteiger partial charge is 0.309 e. The molecular weight excluding hydrogens is 111 g/mol. The molecule has 0 bridgehead atoms. The number of hydrogen-bond acceptors (Lipinski definition) is 1. The van der Waals surface area contributed by atoms with E-state index < -0.39 is 17.6 Å². The molecule has 0 aromatic carbocycles. The van der Waals surface area contributed by atoms with Crippen molar-refractivity contribution in [1.29, 1.82) is 0 Å². The summed E-state index contributed by atoms with van der Waals surface area (Å²) >= 11 is 0. The first kappa shape index (κ1) is 5.54. The molecule has 1 aliphatic rings. The minimum absolute atomic E-state index is 0.183. The summed E-state index contributed by atoms with van der Waals surface area (Å²) in [6.45, 7) is 1.31. The molecule has 0 aromatic rings. The molecule has 3 heteroatoms. The minimum atomic E-state index is -1.41. The first-order valence-electron chi connectivity index (χ1n) is 2.46. The zero-order chi connectivity index (χ0) is 6.36. The Morgan fingerprint density at radius 3 is 2.38 bits per heavy atom. The average molecular weight is 118 g/mol. The van der Waals surface area contributed by atoms with Gasteiger partial charge in [-0.25, -0.2) is 4.39 Å². The Hall–Kier alpha value is -0.600. The summed E-state index contributed by atoms with van der Waals surface area (Å²) in [6, 6.07) is 0. The van der Waals surface area contributed by atoms with Crippen LogP contribution in [0.5, 0.6) is 0 Å². The van der Waals surface area contributed by atoms with E-state index in [-0.39, 0.29) is 6.42 Å². The third-order valence-electron chi connectivity index (χ3n) is 1.47. The van der Waals surface area contributed by atoms with Crippen LogP contribution in [-0.2, 0) is 4.79 Å². The van der Waals surface area contributed by atoms with Crippen molar-refractivity contribution in [2.45, 2.75) is 19.0 Å². The average Bonchev–Trinajstić information content (AvgIpc) is 2.13. The number of carboxylic acid groups (broad SMARTS) is 1. The number of alkyl halides is 1. The molecule has 0 aromatic heterocycles. The van der Waals surface area contributed by atoms with E-state index in [9.17, 15) is 9.18 Å². The van der Waals surface area contributed by atoms with Crippen molar-refractivity contribution in [2.75, 3.05) is 0 Å². The Bertz CT molecular complexity index is 130. The SMILES string of the molecule is CC1(F)CC1C(=O)O. The fourth-order valence-electron chi connectivity index (χ4n) is 0.685. The highest BCUT2D eigenvalue weighted by Gasteiger charge is 2.56. The fourth-order valence-corrected chi connectivity index (χ4v) is 0.685. The largest absolute Gasteiger partial charge is 0.481 e. The molecule has 1 saturated carbocycles. The van der Waals surface area contributed by atoms with Crippen LogP contribution >= 0.6 is 0 Å². The summed E-state index contributed by atoms with van der Waals surface area (Å²) in [7, 11) is 0. The lowest BCUT2D eigenvalue weighted by Gasteiger charge is -1.90. The van der Waals surface area contributed by atoms with E-state index in [1.165, 1.54) is 6.92 Å². The lowest BCUT2D eigenvalue weighted by atomic mass is 10.3. The van der Waals surface area contributed by atoms with Crippen molar-refractivity contribution >= 4 is 5.97 Å². The van der Waals surface area contributed by atoms with Crippen LogP contribution in [0.15, 0.2) is 0 Å². The van der Waals surface area contributed by atoms with Gasteiger partial charge in [0, 0.05) is 0 Å². The highest BCUT2D eigenvalue weighted by atomic mass is 19.1. The van der Waals surface area contributed by atoms with Gasteiger partial charge in [-0.05, 0) is 13.3 Å². The Morgan fingerprint density at radius 1 is 2.00 bits per heavy atom. The van der Waals surface area contributed by atoms with E-state index in [0.29, 0.717) is 0 Å². The molecule has 0 amide bonds. The number of carbonyl (C=O) groups is 1. The molecule has 46 valence electrons. The Kier molecular flexibility index (Phi) is 0.840. The Balaban J connectivity index is 2.48. The third-order valence-corrected chi connectivity index (χ3v) is 1.47. The van der Waals surface area contributed by atoms with Crippen molar-refractivity contribution in [3.63, 3.8) is 0 Å². The van der Waals surface area contributed by atoms with Crippen LogP contribution in [0, 0.1) is 5.92 Å². The summed E-state index contributed by atoms with van der Waals surface area (Å²) in [4.78, 5) is 9.94. The Morgan fingerprint density at radius 2 is 2.38 bits per heavy atom. The molecule has 0 aliphatic heterocycles. The molecule has 2 unspecified atom stereocenters. The highest BCUT2D eigenvalue weighted by molar-refractivity contribution is 5.75. The standard InChI is InChI=1S/C5H7FO2/c1-5(6)2-3(5)4(7)8/h3H,2H2,1H3,(H,7,8). The van der Waals surface area contributed by atoms with Crippen LogP contribution < -0.4 is 0 Å². The van der Waals surface area contributed by atoms with Crippen molar-refractivity contribution in [2.24, 2.45) is 5.92 Å². The van der Waals surface area contributed by atoms with Crippen LogP contribution in [-0.4, -0.2) is 16.7 Å². The van der Waals surface area contributed by atoms with Crippen molar-refractivity contribution in [1.82, 2.24) is 0 Å². The predicted octanol–water partition coefficient (Wildman–Crippen LogP) is 0.819. The van der Waals surface area contributed by atoms with Gasteiger partial charge in [0.25, 0.3) is 0 Å². The van der Waals surface area contributed by atoms with Gasteiger partial charge in [-0.1, -0.05) is 0 Å². The number of rotatable bonds is 1. The van der Waals surface area contributed by atoms with Crippen LogP contribution in [0.4, 0.5) is 4.39 Å². The molecule has 1 N–H and O–H groups in total. The van der Waals surface area contributed by atoms with E-state index in [1.54, 1.807) is 0 Å². The van der Waals surface area contributed by atoms with Gasteiger partial charge in [0.05, 0.1) is 5.92 Å². The first-order chi connectivity index (χ1) is 3.54. The number of carboxylic acids is 1. The molecule has 2 atom stereocenters. The third kappa shape index (κ3) is 0.680. The van der Waals surface area contributed by atoms with Gasteiger partial charge in [0.15, 0.2) is 0 Å². The lowest BCUT2D eigenvalue weighted by molar-refractivity contribution is -0.139. The van der Waals surface area contributed by atoms with Crippen LogP contribution in [0.3, 0.4) is 0 Å². The van der Waals surface area contributed by atoms with E-state index >= 15 is 0 Å². The van der Waals surface area contributed by atoms with E-state index in [0.717, 1.165) is 0 Å². The molecular formula is C5H7FO2. The molecule has 8 heavy (non-hydrogen) atoms. The monoisotopic (exact) mass is 118 g/mol. The van der Waals surface area contributed by atoms with E-state index in [1.807, 2.05) is 0 Å². The molecule has 0 spiro atoms. The van der Waals surface area contributed by atoms with Crippen LogP contribution in [0.2, 0.25) is 0 Å². The van der Waals surface area contributed by atoms with Gasteiger partial charge in [-0.2, -0.15) is 0 Å². The van der Waals surface area contributed by atoms with Gasteiger partial charge < -0.3 is 5.11 Å². The summed E-state index contributed by atoms with van der Waals surface area (Å²) < 4.78 is 12.3. The zero-order valence-corrected chi connectivity index (χ0v) is 4.52. The quantitative estimate of drug-likeness (QED) is 0.553. The Labute approximate surface area is 46.3 Å². The zero-order valence-electron chi connectivity index (χ0n) is 4.52. The molecule has 1 fully saturated rings. The van der Waals surface area contributed by atoms with Crippen molar-refractivity contribution in [3.05, 3.63) is 0 Å². The van der Waals surface area contributed by atoms with Crippen LogP contribution in [0.25, 0.3) is 0 Å². The number of halogens is 1. The maximum absolute atomic E-state index is 12.3. The van der Waals surface area contributed by atoms with Gasteiger partial charge in [0.1, 0.15) is 5.67 Å². The second kappa shape index (κ2) is 1.21. The number of hydrogen-bond donors (Lipinski definition) is 1. The molecule has 1 rings (SSSR count). The number of aliphatic carboxylic acids is 1. The minimum Gasteiger partial charge on any atom is -0.481 e. The maximum Gasteiger partial charge on any atom is 0.309 e. The van der Waals surface area contributed by atoms with Crippen molar-refractivity contribution < 1.29 is 14.3 Å². The summed E-state index contributed by atoms with van der Waals surface area (Å²) in [5.41, 5.74) is -1.41.